The van der Waals surface area contributed by atoms with Crippen LogP contribution in [0.5, 0.6) is 0 Å². The Balaban J connectivity index is 1.33. The van der Waals surface area contributed by atoms with Crippen LogP contribution in [0.4, 0.5) is 8.78 Å². The van der Waals surface area contributed by atoms with Crippen LogP contribution in [0.2, 0.25) is 5.02 Å². The van der Waals surface area contributed by atoms with Gasteiger partial charge in [-0.05, 0) is 170 Å². The van der Waals surface area contributed by atoms with Gasteiger partial charge < -0.3 is 14.7 Å². The van der Waals surface area contributed by atoms with Crippen molar-refractivity contribution in [1.29, 1.82) is 0 Å². The molecule has 0 aromatic heterocycles. The quantitative estimate of drug-likeness (QED) is 0.240. The number of likely N-dealkylation sites (N-methyl/N-ethyl adjacent to an activating group) is 1. The molecule has 44 heavy (non-hydrogen) atoms. The zero-order valence-electron chi connectivity index (χ0n) is 26.6. The molecule has 0 bridgehead atoms. The number of carboxylic acid groups (broad SMARTS) is 1. The number of benzene rings is 2. The van der Waals surface area contributed by atoms with Crippen molar-refractivity contribution in [2.45, 2.75) is 114 Å². The number of hydrogen-bond acceptors (Lipinski definition) is 4. The summed E-state index contributed by atoms with van der Waals surface area (Å²) in [6.07, 6.45) is 11.1. The van der Waals surface area contributed by atoms with Gasteiger partial charge in [-0.3, -0.25) is 9.69 Å². The number of nitrogens with zero attached hydrogens (tertiary/aromatic N) is 2. The van der Waals surface area contributed by atoms with E-state index in [-0.39, 0.29) is 35.2 Å². The zero-order valence-corrected chi connectivity index (χ0v) is 27.4. The van der Waals surface area contributed by atoms with Crippen LogP contribution >= 0.6 is 11.6 Å². The molecule has 0 unspecified atom stereocenters. The first-order valence-corrected chi connectivity index (χ1v) is 17.0. The van der Waals surface area contributed by atoms with Crippen molar-refractivity contribution in [3.8, 4) is 0 Å². The van der Waals surface area contributed by atoms with E-state index in [2.05, 4.69) is 11.8 Å². The SMILES string of the molecule is Cc1c(F)ccc([C@@H](C(=O)O)N(C)CC[C@H](CCN2CCCCC2)c2cc(F)cc(Cl)c2)c1C1CCC(OC2(C)CC2)CC1. The van der Waals surface area contributed by atoms with Gasteiger partial charge in [-0.15, -0.1) is 0 Å². The molecule has 1 heterocycles. The molecule has 2 aromatic carbocycles. The van der Waals surface area contributed by atoms with Crippen LogP contribution in [0.1, 0.15) is 118 Å². The average Bonchev–Trinajstić information content (AvgIpc) is 3.71. The van der Waals surface area contributed by atoms with Crippen molar-refractivity contribution in [3.05, 3.63) is 69.2 Å². The smallest absolute Gasteiger partial charge is 0.325 e. The van der Waals surface area contributed by atoms with Gasteiger partial charge in [0.2, 0.25) is 0 Å². The average molecular weight is 631 g/mol. The second-order valence-corrected chi connectivity index (χ2v) is 14.3. The Morgan fingerprint density at radius 1 is 1.09 bits per heavy atom. The van der Waals surface area contributed by atoms with Crippen molar-refractivity contribution in [3.63, 3.8) is 0 Å². The fourth-order valence-corrected chi connectivity index (χ4v) is 7.76. The maximum absolute atomic E-state index is 15.0. The highest BCUT2D eigenvalue weighted by molar-refractivity contribution is 6.30. The molecule has 2 atom stereocenters. The van der Waals surface area contributed by atoms with Crippen molar-refractivity contribution >= 4 is 17.6 Å². The van der Waals surface area contributed by atoms with Gasteiger partial charge in [0.05, 0.1) is 11.7 Å². The van der Waals surface area contributed by atoms with Crippen LogP contribution in [0.3, 0.4) is 0 Å². The largest absolute Gasteiger partial charge is 0.480 e. The highest BCUT2D eigenvalue weighted by Crippen LogP contribution is 2.45. The van der Waals surface area contributed by atoms with E-state index in [1.54, 1.807) is 19.1 Å². The van der Waals surface area contributed by atoms with Gasteiger partial charge in [0.1, 0.15) is 17.7 Å². The maximum Gasteiger partial charge on any atom is 0.325 e. The molecule has 242 valence electrons. The summed E-state index contributed by atoms with van der Waals surface area (Å²) >= 11 is 6.26. The zero-order chi connectivity index (χ0) is 31.4. The second-order valence-electron chi connectivity index (χ2n) is 13.8. The minimum Gasteiger partial charge on any atom is -0.480 e. The molecule has 2 aromatic rings. The summed E-state index contributed by atoms with van der Waals surface area (Å²) in [5, 5.41) is 10.9. The van der Waals surface area contributed by atoms with Gasteiger partial charge in [-0.25, -0.2) is 8.78 Å². The summed E-state index contributed by atoms with van der Waals surface area (Å²) in [6.45, 7) is 7.52. The molecule has 1 aliphatic heterocycles. The number of carbonyl (C=O) groups is 1. The lowest BCUT2D eigenvalue weighted by Gasteiger charge is -2.35. The van der Waals surface area contributed by atoms with E-state index in [9.17, 15) is 14.3 Å². The number of halogens is 3. The van der Waals surface area contributed by atoms with Gasteiger partial charge in [-0.1, -0.05) is 24.1 Å². The number of carboxylic acids is 1. The monoisotopic (exact) mass is 630 g/mol. The van der Waals surface area contributed by atoms with Crippen LogP contribution in [-0.4, -0.2) is 65.8 Å². The Hall–Kier alpha value is -2.06. The van der Waals surface area contributed by atoms with Crippen LogP contribution < -0.4 is 0 Å². The summed E-state index contributed by atoms with van der Waals surface area (Å²) in [4.78, 5) is 17.2. The third-order valence-corrected chi connectivity index (χ3v) is 10.6. The third kappa shape index (κ3) is 8.39. The predicted octanol–water partition coefficient (Wildman–Crippen LogP) is 8.63. The van der Waals surface area contributed by atoms with Crippen molar-refractivity contribution < 1.29 is 23.4 Å². The number of ether oxygens (including phenoxy) is 1. The number of rotatable bonds is 13. The summed E-state index contributed by atoms with van der Waals surface area (Å²) in [6, 6.07) is 6.90. The van der Waals surface area contributed by atoms with E-state index in [1.807, 2.05) is 18.0 Å². The van der Waals surface area contributed by atoms with Crippen LogP contribution in [-0.2, 0) is 9.53 Å². The molecule has 5 nitrogen and oxygen atoms in total. The Bertz CT molecular complexity index is 1270. The minimum absolute atomic E-state index is 0.0248. The lowest BCUT2D eigenvalue weighted by molar-refractivity contribution is -0.143. The molecule has 0 radical (unpaired) electrons. The number of piperidine rings is 1. The third-order valence-electron chi connectivity index (χ3n) is 10.4. The molecule has 2 saturated carbocycles. The molecular formula is C36H49ClF2N2O3. The summed E-state index contributed by atoms with van der Waals surface area (Å²) in [5.74, 6) is -1.48. The Morgan fingerprint density at radius 3 is 2.43 bits per heavy atom. The lowest BCUT2D eigenvalue weighted by Crippen LogP contribution is -2.35. The Labute approximate surface area is 266 Å². The Morgan fingerprint density at radius 2 is 1.80 bits per heavy atom. The minimum atomic E-state index is -0.947. The van der Waals surface area contributed by atoms with E-state index in [4.69, 9.17) is 16.3 Å². The molecule has 0 spiro atoms. The molecular weight excluding hydrogens is 582 g/mol. The van der Waals surface area contributed by atoms with Gasteiger partial charge in [0, 0.05) is 5.02 Å². The van der Waals surface area contributed by atoms with E-state index in [0.717, 1.165) is 75.7 Å². The van der Waals surface area contributed by atoms with Crippen molar-refractivity contribution in [2.24, 2.45) is 0 Å². The molecule has 3 fully saturated rings. The highest BCUT2D eigenvalue weighted by atomic mass is 35.5. The van der Waals surface area contributed by atoms with Crippen molar-refractivity contribution in [1.82, 2.24) is 9.80 Å². The molecule has 8 heteroatoms. The van der Waals surface area contributed by atoms with E-state index >= 15 is 4.39 Å². The van der Waals surface area contributed by atoms with Crippen LogP contribution in [0, 0.1) is 18.6 Å². The predicted molar refractivity (Wildman–Crippen MR) is 172 cm³/mol. The fourth-order valence-electron chi connectivity index (χ4n) is 7.53. The summed E-state index contributed by atoms with van der Waals surface area (Å²) < 4.78 is 35.8. The van der Waals surface area contributed by atoms with E-state index in [0.29, 0.717) is 29.1 Å². The summed E-state index contributed by atoms with van der Waals surface area (Å²) in [5.41, 5.74) is 2.95. The van der Waals surface area contributed by atoms with Crippen LogP contribution in [0.25, 0.3) is 0 Å². The molecule has 5 rings (SSSR count). The van der Waals surface area contributed by atoms with Gasteiger partial charge >= 0.3 is 5.97 Å². The standard InChI is InChI=1S/C36H49ClF2N2O3/c1-24-32(39)12-11-31(33(24)26-7-9-30(10-8-26)44-36(2)15-16-36)34(35(42)43)40(3)19-13-25(14-20-41-17-5-4-6-18-41)27-21-28(37)23-29(38)22-27/h11-12,21-23,25-26,30,34H,4-10,13-20H2,1-3H3,(H,42,43)/t25-,26?,30?,34+/m1/s1. The summed E-state index contributed by atoms with van der Waals surface area (Å²) in [7, 11) is 1.84. The first kappa shape index (κ1) is 33.3. The van der Waals surface area contributed by atoms with E-state index < -0.39 is 12.0 Å². The van der Waals surface area contributed by atoms with E-state index in [1.165, 1.54) is 31.4 Å². The molecule has 1 N–H and O–H groups in total. The molecule has 0 amide bonds. The number of hydrogen-bond donors (Lipinski definition) is 1. The molecule has 2 aliphatic carbocycles. The number of aliphatic carboxylic acids is 1. The maximum atomic E-state index is 15.0. The second kappa shape index (κ2) is 14.6. The first-order valence-electron chi connectivity index (χ1n) is 16.6. The normalized spacial score (nSPS) is 23.4. The fraction of sp³-hybridized carbons (Fsp3) is 0.639. The molecule has 3 aliphatic rings. The van der Waals surface area contributed by atoms with Crippen molar-refractivity contribution in [2.75, 3.05) is 33.2 Å². The van der Waals surface area contributed by atoms with Gasteiger partial charge in [-0.2, -0.15) is 0 Å². The first-order chi connectivity index (χ1) is 21.0. The lowest BCUT2D eigenvalue weighted by atomic mass is 9.77. The number of likely N-dealkylation sites (tertiary alicyclic amines) is 1. The topological polar surface area (TPSA) is 53.0 Å². The molecule has 1 saturated heterocycles. The highest BCUT2D eigenvalue weighted by Gasteiger charge is 2.42. The Kier molecular flexibility index (Phi) is 11.0. The van der Waals surface area contributed by atoms with Crippen LogP contribution in [0.15, 0.2) is 30.3 Å². The van der Waals surface area contributed by atoms with Gasteiger partial charge in [0.25, 0.3) is 0 Å². The van der Waals surface area contributed by atoms with Gasteiger partial charge in [0.15, 0.2) is 0 Å².